The number of carbonyl (C=O) groups excluding carboxylic acids is 1. The maximum atomic E-state index is 13.0. The van der Waals surface area contributed by atoms with E-state index in [0.29, 0.717) is 0 Å². The molecule has 0 fully saturated rings. The minimum atomic E-state index is -0.433. The molecule has 4 aromatic rings. The van der Waals surface area contributed by atoms with Gasteiger partial charge in [-0.2, -0.15) is 10.1 Å². The van der Waals surface area contributed by atoms with Crippen molar-refractivity contribution < 1.29 is 4.79 Å². The van der Waals surface area contributed by atoms with Crippen LogP contribution in [-0.4, -0.2) is 17.3 Å². The fourth-order valence-corrected chi connectivity index (χ4v) is 4.07. The molecule has 1 aliphatic rings. The lowest BCUT2D eigenvalue weighted by Gasteiger charge is -2.14. The normalized spacial score (nSPS) is 17.1. The highest BCUT2D eigenvalue weighted by Gasteiger charge is 2.36. The fourth-order valence-electron chi connectivity index (χ4n) is 4.07. The maximum absolute atomic E-state index is 13.0. The van der Waals surface area contributed by atoms with Gasteiger partial charge in [0.2, 0.25) is 0 Å². The van der Waals surface area contributed by atoms with Crippen molar-refractivity contribution in [1.82, 2.24) is 0 Å². The van der Waals surface area contributed by atoms with Crippen molar-refractivity contribution in [3.05, 3.63) is 84.9 Å². The lowest BCUT2D eigenvalue weighted by Crippen LogP contribution is -2.31. The summed E-state index contributed by atoms with van der Waals surface area (Å²) in [6.07, 6.45) is 0. The Morgan fingerprint density at radius 2 is 1.47 bits per heavy atom. The molecule has 0 N–H and O–H groups in total. The first-order chi connectivity index (χ1) is 14.6. The molecule has 1 aliphatic heterocycles. The topological polar surface area (TPSA) is 45.0 Å². The Labute approximate surface area is 175 Å². The van der Waals surface area contributed by atoms with Crippen LogP contribution in [0.4, 0.5) is 11.4 Å². The van der Waals surface area contributed by atoms with E-state index in [9.17, 15) is 4.79 Å². The van der Waals surface area contributed by atoms with Gasteiger partial charge in [-0.1, -0.05) is 48.5 Å². The van der Waals surface area contributed by atoms with Gasteiger partial charge < -0.3 is 0 Å². The Hall–Kier alpha value is -3.79. The van der Waals surface area contributed by atoms with Gasteiger partial charge in [0.1, 0.15) is 5.92 Å². The van der Waals surface area contributed by atoms with Crippen LogP contribution in [0.3, 0.4) is 0 Å². The third-order valence-electron chi connectivity index (χ3n) is 5.54. The molecule has 0 radical (unpaired) electrons. The Morgan fingerprint density at radius 1 is 0.833 bits per heavy atom. The summed E-state index contributed by atoms with van der Waals surface area (Å²) in [5.74, 6) is -0.496. The van der Waals surface area contributed by atoms with Crippen LogP contribution in [0.25, 0.3) is 21.5 Å². The lowest BCUT2D eigenvalue weighted by molar-refractivity contribution is -0.118. The molecular formula is C26H21N3O. The number of amides is 1. The molecule has 0 aliphatic carbocycles. The Kier molecular flexibility index (Phi) is 4.40. The second kappa shape index (κ2) is 7.23. The van der Waals surface area contributed by atoms with Gasteiger partial charge in [-0.15, -0.1) is 0 Å². The van der Waals surface area contributed by atoms with E-state index in [-0.39, 0.29) is 5.91 Å². The molecule has 4 nitrogen and oxygen atoms in total. The molecule has 4 aromatic carbocycles. The molecule has 0 aromatic heterocycles. The Bertz CT molecular complexity index is 1340. The predicted octanol–water partition coefficient (Wildman–Crippen LogP) is 6.12. The quantitative estimate of drug-likeness (QED) is 0.306. The third-order valence-corrected chi connectivity index (χ3v) is 5.54. The number of hydrogen-bond donors (Lipinski definition) is 0. The first-order valence-electron chi connectivity index (χ1n) is 10.0. The number of carbonyl (C=O) groups is 1. The standard InChI is InChI=1S/C26H21N3O/c1-17(25-18(2)28-29(26(25)30)24-10-4-3-5-11-24)27-23-13-12-21-14-19-8-6-7-9-20(19)15-22(21)16-23/h3-16,25H,1-2H3. The van der Waals surface area contributed by atoms with Crippen LogP contribution in [0.5, 0.6) is 0 Å². The van der Waals surface area contributed by atoms with Crippen LogP contribution in [0.2, 0.25) is 0 Å². The van der Waals surface area contributed by atoms with E-state index >= 15 is 0 Å². The SMILES string of the molecule is CC(=Nc1ccc2cc3ccccc3cc2c1)C1C(=O)N(c2ccccc2)N=C1C. The summed E-state index contributed by atoms with van der Waals surface area (Å²) in [6, 6.07) is 28.4. The molecule has 1 heterocycles. The number of hydrazone groups is 1. The van der Waals surface area contributed by atoms with E-state index in [1.54, 1.807) is 0 Å². The predicted molar refractivity (Wildman–Crippen MR) is 125 cm³/mol. The number of benzene rings is 4. The van der Waals surface area contributed by atoms with Gasteiger partial charge in [-0.05, 0) is 71.8 Å². The number of aliphatic imine (C=N–C) groups is 1. The van der Waals surface area contributed by atoms with E-state index < -0.39 is 5.92 Å². The lowest BCUT2D eigenvalue weighted by atomic mass is 9.99. The number of fused-ring (bicyclic) bond motifs is 2. The smallest absolute Gasteiger partial charge is 0.261 e. The summed E-state index contributed by atoms with van der Waals surface area (Å²) in [5, 5.41) is 10.7. The highest BCUT2D eigenvalue weighted by molar-refractivity contribution is 6.28. The van der Waals surface area contributed by atoms with Crippen molar-refractivity contribution in [2.75, 3.05) is 5.01 Å². The Morgan fingerprint density at radius 3 is 2.20 bits per heavy atom. The first-order valence-corrected chi connectivity index (χ1v) is 10.0. The molecule has 0 bridgehead atoms. The molecule has 146 valence electrons. The highest BCUT2D eigenvalue weighted by atomic mass is 16.2. The summed E-state index contributed by atoms with van der Waals surface area (Å²) in [7, 11) is 0. The van der Waals surface area contributed by atoms with Crippen molar-refractivity contribution in [2.45, 2.75) is 13.8 Å². The second-order valence-corrected chi connectivity index (χ2v) is 7.64. The molecule has 0 saturated carbocycles. The molecule has 0 saturated heterocycles. The molecular weight excluding hydrogens is 370 g/mol. The molecule has 4 heteroatoms. The zero-order chi connectivity index (χ0) is 20.7. The van der Waals surface area contributed by atoms with Gasteiger partial charge in [-0.25, -0.2) is 0 Å². The van der Waals surface area contributed by atoms with Gasteiger partial charge in [0.25, 0.3) is 5.91 Å². The van der Waals surface area contributed by atoms with Crippen molar-refractivity contribution in [1.29, 1.82) is 0 Å². The fraction of sp³-hybridized carbons (Fsp3) is 0.115. The first kappa shape index (κ1) is 18.3. The van der Waals surface area contributed by atoms with Crippen molar-refractivity contribution in [2.24, 2.45) is 16.0 Å². The summed E-state index contributed by atoms with van der Waals surface area (Å²) in [6.45, 7) is 3.79. The monoisotopic (exact) mass is 391 g/mol. The second-order valence-electron chi connectivity index (χ2n) is 7.64. The summed E-state index contributed by atoms with van der Waals surface area (Å²) < 4.78 is 0. The largest absolute Gasteiger partial charge is 0.271 e. The van der Waals surface area contributed by atoms with Crippen LogP contribution < -0.4 is 5.01 Å². The number of hydrogen-bond acceptors (Lipinski definition) is 3. The van der Waals surface area contributed by atoms with Crippen molar-refractivity contribution >= 4 is 50.3 Å². The average Bonchev–Trinajstić information content (AvgIpc) is 3.07. The van der Waals surface area contributed by atoms with Gasteiger partial charge in [0, 0.05) is 5.71 Å². The van der Waals surface area contributed by atoms with Gasteiger partial charge in [-0.3, -0.25) is 9.79 Å². The summed E-state index contributed by atoms with van der Waals surface area (Å²) in [4.78, 5) is 17.8. The summed E-state index contributed by atoms with van der Waals surface area (Å²) in [5.41, 5.74) is 3.13. The minimum absolute atomic E-state index is 0.0632. The number of rotatable bonds is 3. The third kappa shape index (κ3) is 3.16. The zero-order valence-corrected chi connectivity index (χ0v) is 16.9. The molecule has 30 heavy (non-hydrogen) atoms. The van der Waals surface area contributed by atoms with Crippen molar-refractivity contribution in [3.8, 4) is 0 Å². The van der Waals surface area contributed by atoms with Crippen LogP contribution in [0.1, 0.15) is 13.8 Å². The molecule has 0 spiro atoms. The van der Waals surface area contributed by atoms with Gasteiger partial charge in [0.05, 0.1) is 17.1 Å². The van der Waals surface area contributed by atoms with E-state index in [0.717, 1.165) is 28.2 Å². The van der Waals surface area contributed by atoms with Crippen molar-refractivity contribution in [3.63, 3.8) is 0 Å². The van der Waals surface area contributed by atoms with Crippen LogP contribution in [-0.2, 0) is 4.79 Å². The van der Waals surface area contributed by atoms with Crippen LogP contribution >= 0.6 is 0 Å². The zero-order valence-electron chi connectivity index (χ0n) is 16.9. The Balaban J connectivity index is 1.48. The van der Waals surface area contributed by atoms with E-state index in [2.05, 4.69) is 47.6 Å². The molecule has 1 unspecified atom stereocenters. The van der Waals surface area contributed by atoms with Gasteiger partial charge in [0.15, 0.2) is 0 Å². The maximum Gasteiger partial charge on any atom is 0.261 e. The number of para-hydroxylation sites is 1. The highest BCUT2D eigenvalue weighted by Crippen LogP contribution is 2.29. The molecule has 1 atom stereocenters. The number of anilines is 1. The van der Waals surface area contributed by atoms with Crippen LogP contribution in [0.15, 0.2) is 95.0 Å². The molecule has 1 amide bonds. The summed E-state index contributed by atoms with van der Waals surface area (Å²) >= 11 is 0. The average molecular weight is 391 g/mol. The minimum Gasteiger partial charge on any atom is -0.271 e. The van der Waals surface area contributed by atoms with E-state index in [4.69, 9.17) is 4.99 Å². The van der Waals surface area contributed by atoms with Crippen LogP contribution in [0, 0.1) is 5.92 Å². The number of nitrogens with zero attached hydrogens (tertiary/aromatic N) is 3. The molecule has 5 rings (SSSR count). The van der Waals surface area contributed by atoms with E-state index in [1.165, 1.54) is 21.2 Å². The van der Waals surface area contributed by atoms with Gasteiger partial charge >= 0.3 is 0 Å². The van der Waals surface area contributed by atoms with E-state index in [1.807, 2.05) is 56.3 Å².